The number of hydrogen-bond acceptors (Lipinski definition) is 8. The minimum atomic E-state index is -1.61. The Morgan fingerprint density at radius 2 is 0.667 bits per heavy atom. The fourth-order valence-corrected chi connectivity index (χ4v) is 13.2. The fourth-order valence-electron chi connectivity index (χ4n) is 9.03. The molecule has 8 nitrogen and oxygen atoms in total. The van der Waals surface area contributed by atoms with Crippen molar-refractivity contribution in [1.82, 2.24) is 24.8 Å². The third-order valence-corrected chi connectivity index (χ3v) is 16.7. The molecule has 0 spiro atoms. The molecule has 0 saturated carbocycles. The summed E-state index contributed by atoms with van der Waals surface area (Å²) in [5.41, 5.74) is 18.5. The molecule has 11 rings (SSSR count). The molecule has 448 valence electrons. The molecule has 0 unspecified atom stereocenters. The van der Waals surface area contributed by atoms with Crippen LogP contribution in [0.2, 0.25) is 0 Å². The fraction of sp³-hybridized carbons (Fsp3) is 0.206. The number of hydrogen-bond donors (Lipinski definition) is 0. The standard InChI is InChI=1S/C21H27N2.C13H19N2.2C7H6.2C5H4BrN.2C5H5N.4ClH.2Ru/c1-14-9-16(3)20(17(4)10-14)22-7-8-23(13-22)21-18(5)11-15(2)12-19(21)6;1-10-7-11(2)13(12(3)8-10)15-6-5-14(4)9-15;2*1-7-5-3-2-4-6-7;2*6-5-2-1-3-7-4-5;2*1-2-4-6-5-3-1;;;;;;/h9-13H,7-8H2,1-6H3;7-9H,5-6H2,1-4H3;2*1-6H;2*1-4H;2*1-5H;4*1H;;/q2*-1;;;;;;;;;;;2*+2/p-4. The Morgan fingerprint density at radius 3 is 0.881 bits per heavy atom. The summed E-state index contributed by atoms with van der Waals surface area (Å²) in [6.07, 6.45) is 14.0. The quantitative estimate of drug-likeness (QED) is 0.125. The summed E-state index contributed by atoms with van der Waals surface area (Å²) in [5, 5.41) is 0. The van der Waals surface area contributed by atoms with Gasteiger partial charge in [0.15, 0.2) is 0 Å². The maximum atomic E-state index is 5.67. The molecule has 0 aliphatic carbocycles. The summed E-state index contributed by atoms with van der Waals surface area (Å²) in [4.78, 5) is 24.6. The second kappa shape index (κ2) is 40.5. The monoisotopic (exact) mass is 1510 g/mol. The molecule has 0 N–H and O–H groups in total. The largest absolute Gasteiger partial charge is 0.265 e. The molecular weight excluding hydrogens is 1430 g/mol. The van der Waals surface area contributed by atoms with E-state index in [9.17, 15) is 0 Å². The van der Waals surface area contributed by atoms with Gasteiger partial charge < -0.3 is 19.6 Å². The second-order valence-electron chi connectivity index (χ2n) is 19.4. The van der Waals surface area contributed by atoms with Gasteiger partial charge in [-0.05, 0) is 190 Å². The van der Waals surface area contributed by atoms with E-state index in [1.807, 2.05) is 131 Å². The normalized spacial score (nSPS) is 12.3. The average molecular weight is 1510 g/mol. The number of benzene rings is 5. The van der Waals surface area contributed by atoms with Crippen LogP contribution in [0.3, 0.4) is 0 Å². The van der Waals surface area contributed by atoms with Crippen molar-refractivity contribution in [2.24, 2.45) is 0 Å². The summed E-state index contributed by atoms with van der Waals surface area (Å²) >= 11 is 3.27. The summed E-state index contributed by atoms with van der Waals surface area (Å²) in [7, 11) is 24.8. The number of halogens is 6. The number of aromatic nitrogens is 4. The molecule has 2 fully saturated rings. The number of rotatable bonds is 5. The van der Waals surface area contributed by atoms with E-state index >= 15 is 0 Å². The molecule has 0 amide bonds. The molecule has 0 atom stereocenters. The Kier molecular flexibility index (Phi) is 34.6. The van der Waals surface area contributed by atoms with Gasteiger partial charge in [0.1, 0.15) is 0 Å². The molecule has 0 bridgehead atoms. The first kappa shape index (κ1) is 71.6. The summed E-state index contributed by atoms with van der Waals surface area (Å²) in [5.74, 6) is 0. The van der Waals surface area contributed by atoms with E-state index in [1.165, 1.54) is 67.1 Å². The van der Waals surface area contributed by atoms with Crippen molar-refractivity contribution >= 4 is 96.9 Å². The predicted molar refractivity (Wildman–Crippen MR) is 364 cm³/mol. The summed E-state index contributed by atoms with van der Waals surface area (Å²) in [6.45, 7) is 28.5. The summed E-state index contributed by atoms with van der Waals surface area (Å²) < 4.78 is 5.89. The zero-order valence-corrected chi connectivity index (χ0v) is 59.0. The molecule has 9 aromatic rings. The van der Waals surface area contributed by atoms with Crippen molar-refractivity contribution in [2.75, 3.05) is 47.9 Å². The minimum Gasteiger partial charge on any atom is -0.265 e. The minimum absolute atomic E-state index is 1.02. The second-order valence-corrected chi connectivity index (χ2v) is 32.6. The van der Waals surface area contributed by atoms with Crippen molar-refractivity contribution in [3.05, 3.63) is 291 Å². The Morgan fingerprint density at radius 1 is 0.381 bits per heavy atom. The molecule has 5 aromatic carbocycles. The van der Waals surface area contributed by atoms with Gasteiger partial charge in [-0.3, -0.25) is 19.9 Å². The van der Waals surface area contributed by atoms with Crippen LogP contribution < -0.4 is 14.7 Å². The Balaban J connectivity index is 0.000000217. The van der Waals surface area contributed by atoms with E-state index in [1.54, 1.807) is 49.6 Å². The van der Waals surface area contributed by atoms with Crippen molar-refractivity contribution in [1.29, 1.82) is 0 Å². The molecule has 6 heterocycles. The van der Waals surface area contributed by atoms with Gasteiger partial charge in [0, 0.05) is 95.2 Å². The molecule has 2 saturated heterocycles. The zero-order valence-electron chi connectivity index (χ0n) is 49.3. The van der Waals surface area contributed by atoms with Crippen LogP contribution in [0.4, 0.5) is 17.1 Å². The molecule has 2 aliphatic heterocycles. The van der Waals surface area contributed by atoms with Crippen LogP contribution in [0.5, 0.6) is 0 Å². The average Bonchev–Trinajstić information content (AvgIpc) is 4.33. The zero-order chi connectivity index (χ0) is 61.2. The predicted octanol–water partition coefficient (Wildman–Crippen LogP) is 18.8. The number of nitrogens with zero attached hydrogens (tertiary/aromatic N) is 8. The number of anilines is 3. The van der Waals surface area contributed by atoms with Gasteiger partial charge >= 0.3 is 147 Å². The Bertz CT molecular complexity index is 3020. The molecule has 0 radical (unpaired) electrons. The molecule has 2 aliphatic rings. The van der Waals surface area contributed by atoms with Crippen molar-refractivity contribution in [2.45, 2.75) is 62.3 Å². The van der Waals surface area contributed by atoms with E-state index in [-0.39, 0.29) is 0 Å². The first-order valence-corrected chi connectivity index (χ1v) is 39.4. The van der Waals surface area contributed by atoms with Crippen LogP contribution in [0.25, 0.3) is 0 Å². The first-order chi connectivity index (χ1) is 40.3. The first-order valence-electron chi connectivity index (χ1n) is 26.8. The van der Waals surface area contributed by atoms with Crippen LogP contribution in [0.15, 0.2) is 216 Å². The van der Waals surface area contributed by atoms with Gasteiger partial charge in [-0.2, -0.15) is 13.3 Å². The topological polar surface area (TPSA) is 64.5 Å². The third-order valence-electron chi connectivity index (χ3n) is 12.0. The van der Waals surface area contributed by atoms with Gasteiger partial charge in [-0.1, -0.05) is 65.2 Å². The van der Waals surface area contributed by atoms with Gasteiger partial charge in [0.25, 0.3) is 0 Å². The number of aryl methyl sites for hydroxylation is 9. The SMILES string of the molecule is Brc1cccnc1.Brc1cccnc1.Cc1cc(C)c(N2[CH-]N(C)CC2)c(C)c1.Cc1cc(C)c(N2[CH-]N(c3c(C)cc(C)cc3C)CC2)c(C)c1.[Cl][Ru]([Cl])=[CH]c1ccccc1.[Cl][Ru]([Cl])=[CH]c1ccccc1.c1ccncc1.c1ccncc1. The van der Waals surface area contributed by atoms with Gasteiger partial charge in [0.05, 0.1) is 0 Å². The number of likely N-dealkylation sites (N-methyl/N-ethyl adjacent to an activating group) is 1. The molecule has 4 aromatic heterocycles. The molecule has 16 heteroatoms. The molecule has 84 heavy (non-hydrogen) atoms. The van der Waals surface area contributed by atoms with E-state index in [0.29, 0.717) is 0 Å². The van der Waals surface area contributed by atoms with Crippen LogP contribution in [0, 0.1) is 75.7 Å². The van der Waals surface area contributed by atoms with Crippen molar-refractivity contribution < 1.29 is 27.0 Å². The van der Waals surface area contributed by atoms with Gasteiger partial charge in [0.2, 0.25) is 0 Å². The Hall–Kier alpha value is -4.83. The van der Waals surface area contributed by atoms with Crippen LogP contribution in [-0.2, 0) is 27.0 Å². The maximum Gasteiger partial charge on any atom is 0.0267 e. The van der Waals surface area contributed by atoms with E-state index < -0.39 is 27.0 Å². The van der Waals surface area contributed by atoms with Crippen LogP contribution >= 0.6 is 70.6 Å². The van der Waals surface area contributed by atoms with Crippen LogP contribution in [-0.4, -0.2) is 67.3 Å². The third kappa shape index (κ3) is 28.6. The molecular formula is C68H76Br2Cl4N8Ru2-2. The van der Waals surface area contributed by atoms with Gasteiger partial charge in [-0.15, -0.1) is 0 Å². The van der Waals surface area contributed by atoms with E-state index in [0.717, 1.165) is 46.3 Å². The summed E-state index contributed by atoms with van der Waals surface area (Å²) in [6, 6.07) is 52.5. The maximum absolute atomic E-state index is 5.67. The number of pyridine rings is 4. The Labute approximate surface area is 544 Å². The van der Waals surface area contributed by atoms with Crippen molar-refractivity contribution in [3.63, 3.8) is 0 Å². The smallest absolute Gasteiger partial charge is 0.0267 e. The van der Waals surface area contributed by atoms with E-state index in [4.69, 9.17) is 38.8 Å². The van der Waals surface area contributed by atoms with Crippen molar-refractivity contribution in [3.8, 4) is 0 Å². The van der Waals surface area contributed by atoms with E-state index in [2.05, 4.69) is 190 Å². The van der Waals surface area contributed by atoms with Crippen LogP contribution in [0.1, 0.15) is 61.2 Å². The van der Waals surface area contributed by atoms with Gasteiger partial charge in [-0.25, -0.2) is 0 Å².